The zero-order chi connectivity index (χ0) is 14.3. The fraction of sp³-hybridized carbons (Fsp3) is 0.500. The molecule has 0 aliphatic carbocycles. The molecule has 0 aliphatic rings. The number of hydrogen-bond donors (Lipinski definition) is 3. The van der Waals surface area contributed by atoms with Gasteiger partial charge in [0.15, 0.2) is 0 Å². The van der Waals surface area contributed by atoms with Gasteiger partial charge in [-0.15, -0.1) is 23.7 Å². The molecular formula is C10H17BrClN3O3S2. The molecular weight excluding hydrogens is 390 g/mol. The van der Waals surface area contributed by atoms with Crippen LogP contribution in [0.5, 0.6) is 0 Å². The normalized spacial score (nSPS) is 10.9. The average molecular weight is 407 g/mol. The summed E-state index contributed by atoms with van der Waals surface area (Å²) in [6, 6.07) is 3.13. The SMILES string of the molecule is Cl.NCCCCNC(=O)CNS(=O)(=O)c1ccc(Br)s1. The molecule has 0 atom stereocenters. The highest BCUT2D eigenvalue weighted by molar-refractivity contribution is 9.11. The molecule has 1 aromatic heterocycles. The Bertz CT molecular complexity index is 522. The standard InChI is InChI=1S/C10H16BrN3O3S2.ClH/c11-8-3-4-10(18-8)19(16,17)14-7-9(15)13-6-2-1-5-12;/h3-4,14H,1-2,5-7,12H2,(H,13,15);1H. The number of halogens is 2. The summed E-state index contributed by atoms with van der Waals surface area (Å²) in [5.74, 6) is -0.351. The van der Waals surface area contributed by atoms with Crippen LogP contribution in [0.4, 0.5) is 0 Å². The number of rotatable bonds is 8. The van der Waals surface area contributed by atoms with E-state index in [1.54, 1.807) is 6.07 Å². The molecule has 1 aromatic rings. The fourth-order valence-electron chi connectivity index (χ4n) is 1.23. The number of carbonyl (C=O) groups excluding carboxylic acids is 1. The predicted molar refractivity (Wildman–Crippen MR) is 85.8 cm³/mol. The second-order valence-electron chi connectivity index (χ2n) is 3.73. The van der Waals surface area contributed by atoms with Crippen molar-refractivity contribution in [2.75, 3.05) is 19.6 Å². The summed E-state index contributed by atoms with van der Waals surface area (Å²) in [7, 11) is -3.61. The fourth-order valence-corrected chi connectivity index (χ4v) is 4.27. The molecule has 1 rings (SSSR count). The van der Waals surface area contributed by atoms with Gasteiger partial charge >= 0.3 is 0 Å². The van der Waals surface area contributed by atoms with Crippen LogP contribution in [0.2, 0.25) is 0 Å². The van der Waals surface area contributed by atoms with Crippen LogP contribution in [0.1, 0.15) is 12.8 Å². The summed E-state index contributed by atoms with van der Waals surface area (Å²) < 4.78 is 26.8. The molecule has 20 heavy (non-hydrogen) atoms. The van der Waals surface area contributed by atoms with Crippen LogP contribution in [-0.2, 0) is 14.8 Å². The molecule has 1 amide bonds. The third-order valence-corrected chi connectivity index (χ3v) is 5.71. The molecule has 4 N–H and O–H groups in total. The number of sulfonamides is 1. The van der Waals surface area contributed by atoms with E-state index in [0.717, 1.165) is 28.0 Å². The first-order valence-electron chi connectivity index (χ1n) is 5.67. The van der Waals surface area contributed by atoms with Gasteiger partial charge in [0.25, 0.3) is 10.0 Å². The summed E-state index contributed by atoms with van der Waals surface area (Å²) in [6.45, 7) is 0.818. The van der Waals surface area contributed by atoms with Crippen molar-refractivity contribution < 1.29 is 13.2 Å². The number of nitrogens with two attached hydrogens (primary N) is 1. The molecule has 0 fully saturated rings. The summed E-state index contributed by atoms with van der Waals surface area (Å²) >= 11 is 4.28. The van der Waals surface area contributed by atoms with E-state index in [2.05, 4.69) is 26.0 Å². The summed E-state index contributed by atoms with van der Waals surface area (Å²) in [4.78, 5) is 11.4. The van der Waals surface area contributed by atoms with Gasteiger partial charge in [0.05, 0.1) is 10.3 Å². The van der Waals surface area contributed by atoms with Crippen LogP contribution in [0.3, 0.4) is 0 Å². The molecule has 0 bridgehead atoms. The summed E-state index contributed by atoms with van der Waals surface area (Å²) in [5.41, 5.74) is 5.32. The highest BCUT2D eigenvalue weighted by atomic mass is 79.9. The quantitative estimate of drug-likeness (QED) is 0.562. The minimum absolute atomic E-state index is 0. The van der Waals surface area contributed by atoms with Gasteiger partial charge < -0.3 is 11.1 Å². The smallest absolute Gasteiger partial charge is 0.250 e. The molecule has 1 heterocycles. The Morgan fingerprint density at radius 3 is 2.60 bits per heavy atom. The van der Waals surface area contributed by atoms with Crippen molar-refractivity contribution >= 4 is 55.6 Å². The molecule has 0 saturated heterocycles. The van der Waals surface area contributed by atoms with Crippen molar-refractivity contribution in [1.82, 2.24) is 10.0 Å². The maximum absolute atomic E-state index is 11.8. The van der Waals surface area contributed by atoms with Crippen LogP contribution in [0.25, 0.3) is 0 Å². The van der Waals surface area contributed by atoms with E-state index >= 15 is 0 Å². The first kappa shape index (κ1) is 19.8. The Hall–Kier alpha value is -0.190. The van der Waals surface area contributed by atoms with Gasteiger partial charge in [0.2, 0.25) is 5.91 Å². The lowest BCUT2D eigenvalue weighted by atomic mass is 10.3. The third kappa shape index (κ3) is 7.00. The second kappa shape index (κ2) is 9.69. The zero-order valence-electron chi connectivity index (χ0n) is 10.6. The van der Waals surface area contributed by atoms with E-state index in [4.69, 9.17) is 5.73 Å². The van der Waals surface area contributed by atoms with Crippen molar-refractivity contribution in [3.63, 3.8) is 0 Å². The second-order valence-corrected chi connectivity index (χ2v) is 8.19. The average Bonchev–Trinajstić information content (AvgIpc) is 2.80. The topological polar surface area (TPSA) is 101 Å². The van der Waals surface area contributed by atoms with Gasteiger partial charge in [-0.1, -0.05) is 0 Å². The monoisotopic (exact) mass is 405 g/mol. The number of carbonyl (C=O) groups is 1. The lowest BCUT2D eigenvalue weighted by Gasteiger charge is -2.06. The van der Waals surface area contributed by atoms with Crippen molar-refractivity contribution in [3.8, 4) is 0 Å². The van der Waals surface area contributed by atoms with E-state index in [0.29, 0.717) is 13.1 Å². The molecule has 0 saturated carbocycles. The Morgan fingerprint density at radius 1 is 1.35 bits per heavy atom. The Labute approximate surface area is 137 Å². The van der Waals surface area contributed by atoms with Crippen LogP contribution in [-0.4, -0.2) is 34.0 Å². The number of nitrogens with one attached hydrogen (secondary N) is 2. The minimum Gasteiger partial charge on any atom is -0.355 e. The molecule has 6 nitrogen and oxygen atoms in total. The van der Waals surface area contributed by atoms with Crippen molar-refractivity contribution in [2.45, 2.75) is 17.1 Å². The van der Waals surface area contributed by atoms with E-state index in [-0.39, 0.29) is 29.1 Å². The summed E-state index contributed by atoms with van der Waals surface area (Å²) in [5, 5.41) is 2.62. The van der Waals surface area contributed by atoms with E-state index in [9.17, 15) is 13.2 Å². The molecule has 0 aromatic carbocycles. The van der Waals surface area contributed by atoms with Crippen LogP contribution in [0, 0.1) is 0 Å². The van der Waals surface area contributed by atoms with Gasteiger partial charge in [-0.3, -0.25) is 4.79 Å². The highest BCUT2D eigenvalue weighted by Crippen LogP contribution is 2.25. The van der Waals surface area contributed by atoms with E-state index < -0.39 is 10.0 Å². The molecule has 0 radical (unpaired) electrons. The highest BCUT2D eigenvalue weighted by Gasteiger charge is 2.17. The van der Waals surface area contributed by atoms with Crippen LogP contribution >= 0.6 is 39.7 Å². The largest absolute Gasteiger partial charge is 0.355 e. The lowest BCUT2D eigenvalue weighted by Crippen LogP contribution is -2.37. The maximum atomic E-state index is 11.8. The third-order valence-electron chi connectivity index (χ3n) is 2.19. The zero-order valence-corrected chi connectivity index (χ0v) is 14.6. The Kier molecular flexibility index (Phi) is 9.60. The van der Waals surface area contributed by atoms with Crippen LogP contribution < -0.4 is 15.8 Å². The van der Waals surface area contributed by atoms with Gasteiger partial charge in [-0.2, -0.15) is 0 Å². The Balaban J connectivity index is 0.00000361. The molecule has 116 valence electrons. The Morgan fingerprint density at radius 2 is 2.05 bits per heavy atom. The summed E-state index contributed by atoms with van der Waals surface area (Å²) in [6.07, 6.45) is 1.61. The first-order valence-corrected chi connectivity index (χ1v) is 8.77. The predicted octanol–water partition coefficient (Wildman–Crippen LogP) is 1.07. The van der Waals surface area contributed by atoms with Crippen molar-refractivity contribution in [1.29, 1.82) is 0 Å². The van der Waals surface area contributed by atoms with Gasteiger partial charge in [0, 0.05) is 6.54 Å². The van der Waals surface area contributed by atoms with Gasteiger partial charge in [-0.05, 0) is 47.4 Å². The number of unbranched alkanes of at least 4 members (excludes halogenated alkanes) is 1. The first-order chi connectivity index (χ1) is 8.95. The van der Waals surface area contributed by atoms with Crippen molar-refractivity contribution in [3.05, 3.63) is 15.9 Å². The molecule has 0 spiro atoms. The lowest BCUT2D eigenvalue weighted by molar-refractivity contribution is -0.119. The molecule has 0 unspecified atom stereocenters. The number of hydrogen-bond acceptors (Lipinski definition) is 5. The van der Waals surface area contributed by atoms with Gasteiger partial charge in [-0.25, -0.2) is 13.1 Å². The number of amides is 1. The van der Waals surface area contributed by atoms with Gasteiger partial charge in [0.1, 0.15) is 4.21 Å². The van der Waals surface area contributed by atoms with E-state index in [1.165, 1.54) is 6.07 Å². The molecule has 0 aliphatic heterocycles. The minimum atomic E-state index is -3.61. The molecule has 10 heteroatoms. The van der Waals surface area contributed by atoms with Crippen molar-refractivity contribution in [2.24, 2.45) is 5.73 Å². The van der Waals surface area contributed by atoms with Crippen LogP contribution in [0.15, 0.2) is 20.1 Å². The van der Waals surface area contributed by atoms with E-state index in [1.807, 2.05) is 0 Å². The number of thiophene rings is 1. The maximum Gasteiger partial charge on any atom is 0.250 e.